The minimum atomic E-state index is -1.21. The molecule has 5 rings (SSSR count). The summed E-state index contributed by atoms with van der Waals surface area (Å²) in [4.78, 5) is 12.5. The van der Waals surface area contributed by atoms with Gasteiger partial charge >= 0.3 is 5.97 Å². The fraction of sp³-hybridized carbons (Fsp3) is 0.903. The van der Waals surface area contributed by atoms with Gasteiger partial charge in [0.2, 0.25) is 0 Å². The number of hydrogen-bond donors (Lipinski definition) is 4. The molecule has 0 aliphatic heterocycles. The molecule has 0 heterocycles. The normalized spacial score (nSPS) is 54.2. The van der Waals surface area contributed by atoms with Crippen molar-refractivity contribution in [2.45, 2.75) is 118 Å². The Morgan fingerprint density at radius 1 is 0.972 bits per heavy atom. The summed E-state index contributed by atoms with van der Waals surface area (Å²) < 4.78 is 0. The van der Waals surface area contributed by atoms with E-state index in [1.165, 1.54) is 5.57 Å². The molecule has 0 amide bonds. The molecule has 204 valence electrons. The minimum Gasteiger partial charge on any atom is -0.481 e. The number of hydrogen-bond acceptors (Lipinski definition) is 4. The largest absolute Gasteiger partial charge is 0.481 e. The molecule has 0 aromatic heterocycles. The molecule has 36 heavy (non-hydrogen) atoms. The number of carboxylic acid groups (broad SMARTS) is 1. The lowest BCUT2D eigenvalue weighted by Crippen LogP contribution is -2.63. The van der Waals surface area contributed by atoms with Crippen molar-refractivity contribution >= 4 is 5.97 Å². The lowest BCUT2D eigenvalue weighted by Gasteiger charge is -2.64. The molecule has 4 N–H and O–H groups in total. The van der Waals surface area contributed by atoms with E-state index in [0.29, 0.717) is 31.1 Å². The Kier molecular flexibility index (Phi) is 5.97. The van der Waals surface area contributed by atoms with Crippen molar-refractivity contribution in [2.75, 3.05) is 0 Å². The summed E-state index contributed by atoms with van der Waals surface area (Å²) in [6, 6.07) is 0. The molecular formula is C31H50O5. The summed E-state index contributed by atoms with van der Waals surface area (Å²) >= 11 is 0. The van der Waals surface area contributed by atoms with E-state index in [-0.39, 0.29) is 45.5 Å². The maximum Gasteiger partial charge on any atom is 0.312 e. The van der Waals surface area contributed by atoms with E-state index in [2.05, 4.69) is 41.2 Å². The number of allylic oxidation sites excluding steroid dienone is 1. The van der Waals surface area contributed by atoms with Gasteiger partial charge in [-0.05, 0) is 116 Å². The number of carbonyl (C=O) groups is 1. The van der Waals surface area contributed by atoms with E-state index in [0.717, 1.165) is 38.5 Å². The van der Waals surface area contributed by atoms with Gasteiger partial charge in [0.15, 0.2) is 0 Å². The Bertz CT molecular complexity index is 945. The smallest absolute Gasteiger partial charge is 0.312 e. The summed E-state index contributed by atoms with van der Waals surface area (Å²) in [6.45, 7) is 17.4. The molecule has 5 heteroatoms. The third kappa shape index (κ3) is 3.03. The molecule has 5 aliphatic carbocycles. The van der Waals surface area contributed by atoms with Crippen LogP contribution in [0.3, 0.4) is 0 Å². The van der Waals surface area contributed by atoms with Crippen molar-refractivity contribution in [3.63, 3.8) is 0 Å². The molecule has 5 nitrogen and oxygen atoms in total. The third-order valence-corrected chi connectivity index (χ3v) is 13.6. The molecule has 0 aromatic carbocycles. The highest BCUT2D eigenvalue weighted by molar-refractivity contribution is 5.76. The first-order valence-corrected chi connectivity index (χ1v) is 14.6. The fourth-order valence-electron chi connectivity index (χ4n) is 11.4. The van der Waals surface area contributed by atoms with Crippen LogP contribution in [0.4, 0.5) is 0 Å². The second-order valence-electron chi connectivity index (χ2n) is 14.9. The molecule has 0 saturated heterocycles. The number of rotatable bonds is 6. The Morgan fingerprint density at radius 2 is 1.64 bits per heavy atom. The predicted molar refractivity (Wildman–Crippen MR) is 140 cm³/mol. The quantitative estimate of drug-likeness (QED) is 0.364. The molecule has 0 bridgehead atoms. The number of aliphatic hydroxyl groups excluding tert-OH is 3. The molecule has 0 aromatic rings. The van der Waals surface area contributed by atoms with Gasteiger partial charge < -0.3 is 20.4 Å². The summed E-state index contributed by atoms with van der Waals surface area (Å²) in [6.07, 6.45) is 5.72. The number of fused-ring (bicyclic) bond motifs is 2. The molecule has 0 radical (unpaired) electrons. The van der Waals surface area contributed by atoms with Gasteiger partial charge in [0.25, 0.3) is 0 Å². The Labute approximate surface area is 217 Å². The van der Waals surface area contributed by atoms with Crippen molar-refractivity contribution < 1.29 is 25.2 Å². The zero-order valence-corrected chi connectivity index (χ0v) is 23.4. The Morgan fingerprint density at radius 3 is 2.25 bits per heavy atom. The molecule has 12 atom stereocenters. The molecule has 0 unspecified atom stereocenters. The summed E-state index contributed by atoms with van der Waals surface area (Å²) in [5, 5.41) is 44.5. The Hall–Kier alpha value is -0.910. The number of aliphatic carboxylic acids is 1. The van der Waals surface area contributed by atoms with Crippen molar-refractivity contribution in [1.82, 2.24) is 0 Å². The third-order valence-electron chi connectivity index (χ3n) is 13.6. The van der Waals surface area contributed by atoms with E-state index in [4.69, 9.17) is 0 Å². The van der Waals surface area contributed by atoms with Crippen LogP contribution in [0.2, 0.25) is 0 Å². The van der Waals surface area contributed by atoms with Gasteiger partial charge in [-0.15, -0.1) is 0 Å². The Balaban J connectivity index is 1.47. The summed E-state index contributed by atoms with van der Waals surface area (Å²) in [5.74, 6) is -0.0101. The van der Waals surface area contributed by atoms with Crippen LogP contribution >= 0.6 is 0 Å². The zero-order valence-electron chi connectivity index (χ0n) is 23.4. The van der Waals surface area contributed by atoms with Crippen LogP contribution in [-0.2, 0) is 4.79 Å². The van der Waals surface area contributed by atoms with Crippen molar-refractivity contribution in [1.29, 1.82) is 0 Å². The fourth-order valence-corrected chi connectivity index (χ4v) is 11.4. The average Bonchev–Trinajstić information content (AvgIpc) is 3.38. The zero-order chi connectivity index (χ0) is 26.6. The highest BCUT2D eigenvalue weighted by Gasteiger charge is 2.85. The molecule has 5 saturated carbocycles. The summed E-state index contributed by atoms with van der Waals surface area (Å²) in [5.41, 5.74) is -0.355. The lowest BCUT2D eigenvalue weighted by atomic mass is 9.41. The van der Waals surface area contributed by atoms with Crippen LogP contribution in [0.5, 0.6) is 0 Å². The SMILES string of the molecule is C=C(CC[C@H](C)[C@@H]1[C@@H](O)C[C@@]2(C)[C@@H]3[C@@H](O)C[C@@H]4[C@](C)(C(=O)O)[C@@H](O)CC[C@@]45C[C@@]35CC[C@]12C)C(C)C. The number of aliphatic hydroxyl groups is 3. The molecule has 2 spiro atoms. The highest BCUT2D eigenvalue weighted by atomic mass is 16.4. The van der Waals surface area contributed by atoms with E-state index < -0.39 is 23.6 Å². The van der Waals surface area contributed by atoms with Gasteiger partial charge in [-0.2, -0.15) is 0 Å². The van der Waals surface area contributed by atoms with Gasteiger partial charge in [-0.25, -0.2) is 0 Å². The van der Waals surface area contributed by atoms with Crippen LogP contribution in [-0.4, -0.2) is 44.7 Å². The first-order valence-electron chi connectivity index (χ1n) is 14.6. The topological polar surface area (TPSA) is 98.0 Å². The average molecular weight is 503 g/mol. The van der Waals surface area contributed by atoms with Crippen molar-refractivity contribution in [3.8, 4) is 0 Å². The lowest BCUT2D eigenvalue weighted by molar-refractivity contribution is -0.211. The highest BCUT2D eigenvalue weighted by Crippen LogP contribution is 2.89. The maximum absolute atomic E-state index is 12.5. The monoisotopic (exact) mass is 502 g/mol. The molecular weight excluding hydrogens is 452 g/mol. The van der Waals surface area contributed by atoms with Crippen molar-refractivity contribution in [3.05, 3.63) is 12.2 Å². The predicted octanol–water partition coefficient (Wildman–Crippen LogP) is 5.42. The van der Waals surface area contributed by atoms with Crippen LogP contribution in [0.25, 0.3) is 0 Å². The van der Waals surface area contributed by atoms with E-state index in [1.807, 2.05) is 0 Å². The van der Waals surface area contributed by atoms with Gasteiger partial charge in [0, 0.05) is 0 Å². The van der Waals surface area contributed by atoms with Crippen molar-refractivity contribution in [2.24, 2.45) is 56.7 Å². The van der Waals surface area contributed by atoms with Gasteiger partial charge in [-0.3, -0.25) is 4.79 Å². The van der Waals surface area contributed by atoms with Crippen LogP contribution in [0, 0.1) is 56.7 Å². The van der Waals surface area contributed by atoms with Gasteiger partial charge in [0.05, 0.1) is 23.7 Å². The minimum absolute atomic E-state index is 0.0653. The number of carboxylic acids is 1. The van der Waals surface area contributed by atoms with Gasteiger partial charge in [0.1, 0.15) is 0 Å². The van der Waals surface area contributed by atoms with E-state index in [1.54, 1.807) is 6.92 Å². The first-order chi connectivity index (χ1) is 16.6. The van der Waals surface area contributed by atoms with Crippen LogP contribution in [0.15, 0.2) is 12.2 Å². The molecule has 5 aliphatic rings. The maximum atomic E-state index is 12.5. The van der Waals surface area contributed by atoms with E-state index >= 15 is 0 Å². The summed E-state index contributed by atoms with van der Waals surface area (Å²) in [7, 11) is 0. The first kappa shape index (κ1) is 26.7. The van der Waals surface area contributed by atoms with Crippen LogP contribution < -0.4 is 0 Å². The second kappa shape index (κ2) is 8.05. The van der Waals surface area contributed by atoms with Gasteiger partial charge in [-0.1, -0.05) is 46.8 Å². The molecule has 5 fully saturated rings. The van der Waals surface area contributed by atoms with E-state index in [9.17, 15) is 25.2 Å². The van der Waals surface area contributed by atoms with Crippen LogP contribution in [0.1, 0.15) is 99.3 Å². The second-order valence-corrected chi connectivity index (χ2v) is 14.9. The standard InChI is InChI=1S/C31H50O5/c1-17(2)18(3)8-9-19(4)24-21(33)15-28(6)25-20(32)14-22-29(7,26(35)36)23(34)10-11-30(22)16-31(25,30)13-12-27(24,28)5/h17,19-25,32-34H,3,8-16H2,1-2,4-7H3,(H,35,36)/t19-,20-,21-,22+,23-,24+,25-,27+,28-,29-,30+,31-/m0/s1.